The first-order valence-corrected chi connectivity index (χ1v) is 5.70. The van der Waals surface area contributed by atoms with Gasteiger partial charge in [0, 0.05) is 0 Å². The Morgan fingerprint density at radius 3 is 3.05 bits per heavy atom. The molecule has 0 saturated heterocycles. The number of aliphatic hydroxyl groups is 1. The number of aromatic nitrogens is 3. The molecule has 0 radical (unpaired) electrons. The predicted molar refractivity (Wildman–Crippen MR) is 69.0 cm³/mol. The molecule has 1 aromatic carbocycles. The van der Waals surface area contributed by atoms with Crippen LogP contribution in [0.4, 0.5) is 10.1 Å². The highest BCUT2D eigenvalue weighted by Crippen LogP contribution is 2.16. The number of nitrogens with one attached hydrogen (secondary N) is 1. The van der Waals surface area contributed by atoms with Gasteiger partial charge in [-0.25, -0.2) is 14.1 Å². The van der Waals surface area contributed by atoms with E-state index in [1.165, 1.54) is 35.5 Å². The van der Waals surface area contributed by atoms with E-state index in [2.05, 4.69) is 27.2 Å². The topological polar surface area (TPSA) is 80.0 Å². The number of benzene rings is 1. The number of nitrogens with zero attached hydrogens (tertiary/aromatic N) is 3. The molecule has 2 aromatic rings. The van der Waals surface area contributed by atoms with Crippen molar-refractivity contribution in [2.24, 2.45) is 0 Å². The average molecular weight is 274 g/mol. The molecule has 0 spiro atoms. The molecule has 0 fully saturated rings. The summed E-state index contributed by atoms with van der Waals surface area (Å²) in [5, 5.41) is 15.1. The Bertz CT molecular complexity index is 659. The van der Waals surface area contributed by atoms with E-state index in [4.69, 9.17) is 5.11 Å². The van der Waals surface area contributed by atoms with Crippen LogP contribution in [-0.4, -0.2) is 32.4 Å². The van der Waals surface area contributed by atoms with Crippen molar-refractivity contribution in [1.29, 1.82) is 0 Å². The van der Waals surface area contributed by atoms with Crippen molar-refractivity contribution in [3.05, 3.63) is 42.2 Å². The number of halogens is 1. The summed E-state index contributed by atoms with van der Waals surface area (Å²) >= 11 is 0. The Balaban J connectivity index is 2.14. The molecule has 0 aliphatic rings. The van der Waals surface area contributed by atoms with Gasteiger partial charge in [0.1, 0.15) is 31.6 Å². The first-order valence-electron chi connectivity index (χ1n) is 5.70. The highest BCUT2D eigenvalue weighted by Gasteiger charge is 2.08. The highest BCUT2D eigenvalue weighted by molar-refractivity contribution is 5.91. The van der Waals surface area contributed by atoms with Gasteiger partial charge in [0.2, 0.25) is 5.91 Å². The van der Waals surface area contributed by atoms with Gasteiger partial charge in [0.15, 0.2) is 0 Å². The minimum Gasteiger partial charge on any atom is -0.384 e. The van der Waals surface area contributed by atoms with Crippen LogP contribution in [-0.2, 0) is 11.3 Å². The molecule has 1 amide bonds. The molecule has 0 atom stereocenters. The van der Waals surface area contributed by atoms with E-state index in [-0.39, 0.29) is 19.1 Å². The Morgan fingerprint density at radius 2 is 2.35 bits per heavy atom. The minimum absolute atomic E-state index is 0.00968. The lowest BCUT2D eigenvalue weighted by Crippen LogP contribution is -2.19. The van der Waals surface area contributed by atoms with Crippen LogP contribution in [0.2, 0.25) is 0 Å². The molecule has 7 heteroatoms. The maximum Gasteiger partial charge on any atom is 0.246 e. The van der Waals surface area contributed by atoms with Gasteiger partial charge in [-0.3, -0.25) is 4.79 Å². The molecule has 1 aromatic heterocycles. The monoisotopic (exact) mass is 274 g/mol. The summed E-state index contributed by atoms with van der Waals surface area (Å²) in [6.45, 7) is -0.354. The maximum absolute atomic E-state index is 13.2. The second-order valence-corrected chi connectivity index (χ2v) is 3.79. The van der Waals surface area contributed by atoms with E-state index in [0.29, 0.717) is 11.3 Å². The Morgan fingerprint density at radius 1 is 1.50 bits per heavy atom. The highest BCUT2D eigenvalue weighted by atomic mass is 19.1. The lowest BCUT2D eigenvalue weighted by molar-refractivity contribution is -0.116. The lowest BCUT2D eigenvalue weighted by atomic mass is 10.1. The van der Waals surface area contributed by atoms with Crippen LogP contribution in [0.25, 0.3) is 0 Å². The van der Waals surface area contributed by atoms with E-state index in [0.717, 1.165) is 0 Å². The van der Waals surface area contributed by atoms with Gasteiger partial charge in [-0.05, 0) is 18.2 Å². The second-order valence-electron chi connectivity index (χ2n) is 3.79. The van der Waals surface area contributed by atoms with E-state index in [9.17, 15) is 9.18 Å². The summed E-state index contributed by atoms with van der Waals surface area (Å²) in [6, 6.07) is 3.82. The maximum atomic E-state index is 13.2. The van der Waals surface area contributed by atoms with Gasteiger partial charge in [-0.2, -0.15) is 5.10 Å². The fourth-order valence-corrected chi connectivity index (χ4v) is 1.51. The number of anilines is 1. The van der Waals surface area contributed by atoms with Crippen molar-refractivity contribution >= 4 is 11.6 Å². The van der Waals surface area contributed by atoms with Crippen LogP contribution in [0.5, 0.6) is 0 Å². The van der Waals surface area contributed by atoms with E-state index in [1.807, 2.05) is 0 Å². The second kappa shape index (κ2) is 6.45. The Hall–Kier alpha value is -2.72. The van der Waals surface area contributed by atoms with Gasteiger partial charge in [-0.1, -0.05) is 11.8 Å². The number of aliphatic hydroxyl groups excluding tert-OH is 1. The summed E-state index contributed by atoms with van der Waals surface area (Å²) in [6.07, 6.45) is 2.74. The molecule has 1 heterocycles. The normalized spacial score (nSPS) is 9.70. The molecular formula is C13H11FN4O2. The summed E-state index contributed by atoms with van der Waals surface area (Å²) in [5.41, 5.74) is 0.670. The van der Waals surface area contributed by atoms with Crippen molar-refractivity contribution in [3.8, 4) is 11.8 Å². The number of carbonyl (C=O) groups is 1. The molecule has 6 nitrogen and oxygen atoms in total. The molecule has 2 N–H and O–H groups in total. The fourth-order valence-electron chi connectivity index (χ4n) is 1.51. The first-order chi connectivity index (χ1) is 9.69. The van der Waals surface area contributed by atoms with E-state index in [1.54, 1.807) is 0 Å². The minimum atomic E-state index is -0.471. The molecule has 2 rings (SSSR count). The van der Waals surface area contributed by atoms with Crippen LogP contribution in [0.3, 0.4) is 0 Å². The van der Waals surface area contributed by atoms with Crippen LogP contribution >= 0.6 is 0 Å². The molecule has 0 saturated carbocycles. The van der Waals surface area contributed by atoms with Gasteiger partial charge >= 0.3 is 0 Å². The van der Waals surface area contributed by atoms with Gasteiger partial charge in [0.05, 0.1) is 11.3 Å². The van der Waals surface area contributed by atoms with E-state index < -0.39 is 5.82 Å². The third-order valence-electron chi connectivity index (χ3n) is 2.33. The third-order valence-corrected chi connectivity index (χ3v) is 2.33. The molecule has 0 unspecified atom stereocenters. The van der Waals surface area contributed by atoms with Crippen LogP contribution in [0, 0.1) is 17.7 Å². The quantitative estimate of drug-likeness (QED) is 0.794. The van der Waals surface area contributed by atoms with Crippen molar-refractivity contribution < 1.29 is 14.3 Å². The fraction of sp³-hybridized carbons (Fsp3) is 0.154. The number of hydrogen-bond acceptors (Lipinski definition) is 4. The van der Waals surface area contributed by atoms with Crippen LogP contribution < -0.4 is 5.32 Å². The molecule has 0 bridgehead atoms. The molecule has 20 heavy (non-hydrogen) atoms. The number of amides is 1. The molecule has 0 aliphatic carbocycles. The Kier molecular flexibility index (Phi) is 4.42. The molecule has 0 aliphatic heterocycles. The zero-order valence-corrected chi connectivity index (χ0v) is 10.4. The van der Waals surface area contributed by atoms with E-state index >= 15 is 0 Å². The van der Waals surface area contributed by atoms with Gasteiger partial charge in [0.25, 0.3) is 0 Å². The van der Waals surface area contributed by atoms with Crippen molar-refractivity contribution in [2.75, 3.05) is 11.9 Å². The zero-order chi connectivity index (χ0) is 14.4. The van der Waals surface area contributed by atoms with Crippen LogP contribution in [0.15, 0.2) is 30.9 Å². The molecular weight excluding hydrogens is 263 g/mol. The predicted octanol–water partition coefficient (Wildman–Crippen LogP) is 0.400. The van der Waals surface area contributed by atoms with Crippen molar-refractivity contribution in [2.45, 2.75) is 6.54 Å². The number of hydrogen-bond donors (Lipinski definition) is 2. The van der Waals surface area contributed by atoms with Crippen LogP contribution in [0.1, 0.15) is 5.56 Å². The zero-order valence-electron chi connectivity index (χ0n) is 10.4. The summed E-state index contributed by atoms with van der Waals surface area (Å²) in [4.78, 5) is 15.5. The lowest BCUT2D eigenvalue weighted by Gasteiger charge is -2.07. The van der Waals surface area contributed by atoms with Crippen molar-refractivity contribution in [3.63, 3.8) is 0 Å². The largest absolute Gasteiger partial charge is 0.384 e. The average Bonchev–Trinajstić information content (AvgIpc) is 2.91. The van der Waals surface area contributed by atoms with Crippen molar-refractivity contribution in [1.82, 2.24) is 14.8 Å². The van der Waals surface area contributed by atoms with Gasteiger partial charge in [-0.15, -0.1) is 0 Å². The Labute approximate surface area is 114 Å². The smallest absolute Gasteiger partial charge is 0.246 e. The SMILES string of the molecule is O=C(Cn1cncn1)Nc1ccc(F)cc1C#CCO. The first kappa shape index (κ1) is 13.7. The van der Waals surface area contributed by atoms with Gasteiger partial charge < -0.3 is 10.4 Å². The standard InChI is InChI=1S/C13H11FN4O2/c14-11-3-4-12(10(6-11)2-1-5-19)17-13(20)7-18-9-15-8-16-18/h3-4,6,8-9,19H,5,7H2,(H,17,20). The number of rotatable bonds is 3. The summed E-state index contributed by atoms with van der Waals surface area (Å²) in [5.74, 6) is 4.18. The summed E-state index contributed by atoms with van der Waals surface area (Å²) in [7, 11) is 0. The molecule has 102 valence electrons. The third kappa shape index (κ3) is 3.63. The summed E-state index contributed by atoms with van der Waals surface area (Å²) < 4.78 is 14.5. The number of carbonyl (C=O) groups excluding carboxylic acids is 1.